The number of halogens is 2. The van der Waals surface area contributed by atoms with Gasteiger partial charge in [-0.3, -0.25) is 4.98 Å². The van der Waals surface area contributed by atoms with Crippen LogP contribution in [0.15, 0.2) is 16.5 Å². The molecule has 4 heteroatoms. The monoisotopic (exact) mass is 266 g/mol. The summed E-state index contributed by atoms with van der Waals surface area (Å²) in [6.45, 7) is 0. The fourth-order valence-electron chi connectivity index (χ4n) is 0.503. The first-order chi connectivity index (χ1) is 4.84. The molecule has 0 aliphatic rings. The molecule has 52 valence electrons. The second kappa shape index (κ2) is 3.88. The van der Waals surface area contributed by atoms with Crippen molar-refractivity contribution in [3.05, 3.63) is 27.3 Å². The molecule has 1 aromatic rings. The zero-order valence-corrected chi connectivity index (χ0v) is 7.87. The minimum atomic E-state index is 0.440. The standard InChI is InChI=1S/C6H4ClIN2/c7-6-5(1-2-8)9-3-4-10-6/h1-4H/b2-1+. The Morgan fingerprint density at radius 2 is 2.10 bits per heavy atom. The van der Waals surface area contributed by atoms with Crippen LogP contribution in [0.3, 0.4) is 0 Å². The van der Waals surface area contributed by atoms with Crippen molar-refractivity contribution in [1.29, 1.82) is 0 Å². The molecule has 0 aromatic carbocycles. The molecule has 0 N–H and O–H groups in total. The van der Waals surface area contributed by atoms with E-state index in [9.17, 15) is 0 Å². The molecule has 0 saturated heterocycles. The van der Waals surface area contributed by atoms with Crippen LogP contribution in [-0.2, 0) is 0 Å². The highest BCUT2D eigenvalue weighted by Crippen LogP contribution is 2.10. The summed E-state index contributed by atoms with van der Waals surface area (Å²) in [6.07, 6.45) is 4.97. The van der Waals surface area contributed by atoms with Gasteiger partial charge in [-0.15, -0.1) is 0 Å². The third kappa shape index (κ3) is 1.91. The highest BCUT2D eigenvalue weighted by Gasteiger charge is 1.94. The topological polar surface area (TPSA) is 25.8 Å². The Kier molecular flexibility index (Phi) is 3.08. The molecule has 0 atom stereocenters. The molecule has 1 rings (SSSR count). The molecule has 0 unspecified atom stereocenters. The van der Waals surface area contributed by atoms with Crippen molar-refractivity contribution in [2.45, 2.75) is 0 Å². The lowest BCUT2D eigenvalue weighted by Crippen LogP contribution is -1.83. The lowest BCUT2D eigenvalue weighted by molar-refractivity contribution is 1.18. The van der Waals surface area contributed by atoms with E-state index in [1.165, 1.54) is 0 Å². The first-order valence-corrected chi connectivity index (χ1v) is 4.20. The Balaban J connectivity index is 3.03. The molecule has 0 aliphatic heterocycles. The van der Waals surface area contributed by atoms with Crippen LogP contribution in [0.5, 0.6) is 0 Å². The number of hydrogen-bond acceptors (Lipinski definition) is 2. The molecule has 1 aromatic heterocycles. The average molecular weight is 266 g/mol. The van der Waals surface area contributed by atoms with Gasteiger partial charge in [0.25, 0.3) is 0 Å². The van der Waals surface area contributed by atoms with Gasteiger partial charge < -0.3 is 0 Å². The van der Waals surface area contributed by atoms with Crippen LogP contribution in [-0.4, -0.2) is 9.97 Å². The normalized spacial score (nSPS) is 10.6. The van der Waals surface area contributed by atoms with E-state index in [0.29, 0.717) is 10.8 Å². The number of rotatable bonds is 1. The number of aromatic nitrogens is 2. The summed E-state index contributed by atoms with van der Waals surface area (Å²) in [7, 11) is 0. The van der Waals surface area contributed by atoms with Gasteiger partial charge in [0.1, 0.15) is 5.69 Å². The van der Waals surface area contributed by atoms with E-state index in [2.05, 4.69) is 32.6 Å². The van der Waals surface area contributed by atoms with Crippen molar-refractivity contribution in [2.75, 3.05) is 0 Å². The Hall–Kier alpha value is -0.160. The van der Waals surface area contributed by atoms with Crippen molar-refractivity contribution in [3.8, 4) is 0 Å². The van der Waals surface area contributed by atoms with E-state index in [1.54, 1.807) is 18.5 Å². The van der Waals surface area contributed by atoms with Gasteiger partial charge in [0.05, 0.1) is 0 Å². The molecule has 2 nitrogen and oxygen atoms in total. The van der Waals surface area contributed by atoms with E-state index in [1.807, 2.05) is 4.08 Å². The Morgan fingerprint density at radius 3 is 2.70 bits per heavy atom. The van der Waals surface area contributed by atoms with Crippen LogP contribution in [0.1, 0.15) is 5.69 Å². The van der Waals surface area contributed by atoms with Crippen molar-refractivity contribution in [2.24, 2.45) is 0 Å². The van der Waals surface area contributed by atoms with Gasteiger partial charge in [0.2, 0.25) is 0 Å². The zero-order chi connectivity index (χ0) is 7.40. The van der Waals surface area contributed by atoms with Gasteiger partial charge in [-0.2, -0.15) is 0 Å². The van der Waals surface area contributed by atoms with Crippen LogP contribution in [0, 0.1) is 0 Å². The molecule has 0 spiro atoms. The maximum atomic E-state index is 5.67. The molecule has 0 radical (unpaired) electrons. The predicted octanol–water partition coefficient (Wildman–Crippen LogP) is 2.54. The quantitative estimate of drug-likeness (QED) is 0.730. The van der Waals surface area contributed by atoms with Crippen LogP contribution in [0.25, 0.3) is 6.08 Å². The predicted molar refractivity (Wildman–Crippen MR) is 50.1 cm³/mol. The lowest BCUT2D eigenvalue weighted by Gasteiger charge is -1.91. The van der Waals surface area contributed by atoms with Gasteiger partial charge in [0.15, 0.2) is 5.15 Å². The minimum absolute atomic E-state index is 0.440. The summed E-state index contributed by atoms with van der Waals surface area (Å²) < 4.78 is 1.84. The molecule has 0 saturated carbocycles. The van der Waals surface area contributed by atoms with E-state index >= 15 is 0 Å². The van der Waals surface area contributed by atoms with Crippen LogP contribution in [0.2, 0.25) is 5.15 Å². The summed E-state index contributed by atoms with van der Waals surface area (Å²) in [5.41, 5.74) is 0.707. The van der Waals surface area contributed by atoms with E-state index in [4.69, 9.17) is 11.6 Å². The lowest BCUT2D eigenvalue weighted by atomic mass is 10.4. The first kappa shape index (κ1) is 7.94. The Labute approximate surface area is 77.5 Å². The van der Waals surface area contributed by atoms with E-state index < -0.39 is 0 Å². The van der Waals surface area contributed by atoms with Crippen molar-refractivity contribution in [3.63, 3.8) is 0 Å². The molecule has 0 amide bonds. The summed E-state index contributed by atoms with van der Waals surface area (Å²) in [5.74, 6) is 0. The van der Waals surface area contributed by atoms with Crippen LogP contribution < -0.4 is 0 Å². The van der Waals surface area contributed by atoms with E-state index in [0.717, 1.165) is 0 Å². The van der Waals surface area contributed by atoms with Crippen molar-refractivity contribution >= 4 is 40.3 Å². The van der Waals surface area contributed by atoms with Gasteiger partial charge in [-0.25, -0.2) is 4.98 Å². The molecule has 10 heavy (non-hydrogen) atoms. The molecule has 1 heterocycles. The first-order valence-electron chi connectivity index (χ1n) is 2.58. The highest BCUT2D eigenvalue weighted by atomic mass is 127. The second-order valence-corrected chi connectivity index (χ2v) is 2.60. The van der Waals surface area contributed by atoms with Crippen LogP contribution >= 0.6 is 34.2 Å². The van der Waals surface area contributed by atoms with Gasteiger partial charge >= 0.3 is 0 Å². The summed E-state index contributed by atoms with van der Waals surface area (Å²) >= 11 is 7.78. The summed E-state index contributed by atoms with van der Waals surface area (Å²) in [6, 6.07) is 0. The van der Waals surface area contributed by atoms with Crippen LogP contribution in [0.4, 0.5) is 0 Å². The SMILES string of the molecule is Clc1nccnc1/C=C/I. The third-order valence-electron chi connectivity index (χ3n) is 0.900. The van der Waals surface area contributed by atoms with Gasteiger partial charge in [-0.05, 0) is 10.2 Å². The summed E-state index contributed by atoms with van der Waals surface area (Å²) in [5, 5.41) is 0.440. The molecular formula is C6H4ClIN2. The second-order valence-electron chi connectivity index (χ2n) is 1.53. The third-order valence-corrected chi connectivity index (χ3v) is 1.55. The molecule has 0 fully saturated rings. The molecule has 0 bridgehead atoms. The zero-order valence-electron chi connectivity index (χ0n) is 4.96. The van der Waals surface area contributed by atoms with Crippen molar-refractivity contribution in [1.82, 2.24) is 9.97 Å². The maximum Gasteiger partial charge on any atom is 0.154 e. The number of hydrogen-bond donors (Lipinski definition) is 0. The smallest absolute Gasteiger partial charge is 0.154 e. The molecule has 0 aliphatic carbocycles. The number of nitrogens with zero attached hydrogens (tertiary/aromatic N) is 2. The fraction of sp³-hybridized carbons (Fsp3) is 0. The highest BCUT2D eigenvalue weighted by molar-refractivity contribution is 14.1. The summed E-state index contributed by atoms with van der Waals surface area (Å²) in [4.78, 5) is 7.83. The maximum absolute atomic E-state index is 5.67. The molecular weight excluding hydrogens is 262 g/mol. The largest absolute Gasteiger partial charge is 0.252 e. The minimum Gasteiger partial charge on any atom is -0.252 e. The Bertz CT molecular complexity index is 249. The Morgan fingerprint density at radius 1 is 1.40 bits per heavy atom. The average Bonchev–Trinajstić information content (AvgIpc) is 1.94. The fourth-order valence-corrected chi connectivity index (χ4v) is 1.01. The van der Waals surface area contributed by atoms with E-state index in [-0.39, 0.29) is 0 Å². The van der Waals surface area contributed by atoms with Gasteiger partial charge in [0, 0.05) is 12.4 Å². The van der Waals surface area contributed by atoms with Crippen molar-refractivity contribution < 1.29 is 0 Å². The van der Waals surface area contributed by atoms with Gasteiger partial charge in [-0.1, -0.05) is 34.2 Å².